The Morgan fingerprint density at radius 1 is 1.73 bits per heavy atom. The Morgan fingerprint density at radius 3 is 3.36 bits per heavy atom. The van der Waals surface area contributed by atoms with E-state index in [0.29, 0.717) is 0 Å². The summed E-state index contributed by atoms with van der Waals surface area (Å²) in [5, 5.41) is 0. The first-order chi connectivity index (χ1) is 5.66. The van der Waals surface area contributed by atoms with Crippen LogP contribution in [0.3, 0.4) is 0 Å². The third-order valence-electron chi connectivity index (χ3n) is 1.26. The van der Waals surface area contributed by atoms with Crippen LogP contribution in [0.2, 0.25) is 0 Å². The summed E-state index contributed by atoms with van der Waals surface area (Å²) in [6, 6.07) is 0. The van der Waals surface area contributed by atoms with Crippen LogP contribution in [0.15, 0.2) is 11.1 Å². The van der Waals surface area contributed by atoms with E-state index in [-0.39, 0.29) is 23.4 Å². The Hall–Kier alpha value is -1.85. The van der Waals surface area contributed by atoms with Crippen LogP contribution < -0.4 is 11.3 Å². The molecular weight excluding hydrogens is 146 g/mol. The van der Waals surface area contributed by atoms with E-state index in [2.05, 4.69) is 19.9 Å². The zero-order valence-corrected chi connectivity index (χ0v) is 5.38. The molecule has 0 amide bonds. The number of hydrogen-bond acceptors (Lipinski definition) is 4. The largest absolute Gasteiger partial charge is 0.369 e. The average molecular weight is 152 g/mol. The van der Waals surface area contributed by atoms with Crippen LogP contribution >= 0.6 is 0 Å². The summed E-state index contributed by atoms with van der Waals surface area (Å²) >= 11 is 0. The molecule has 4 N–H and O–H groups in total. The zero-order valence-electron chi connectivity index (χ0n) is 6.38. The number of nitrogens with zero attached hydrogens (tertiary/aromatic N) is 2. The van der Waals surface area contributed by atoms with Crippen molar-refractivity contribution >= 4 is 17.1 Å². The van der Waals surface area contributed by atoms with Gasteiger partial charge in [0.15, 0.2) is 11.2 Å². The van der Waals surface area contributed by atoms with Gasteiger partial charge in [-0.15, -0.1) is 0 Å². The molecule has 11 heavy (non-hydrogen) atoms. The number of nitrogen functional groups attached to an aromatic ring is 1. The maximum Gasteiger partial charge on any atom is 0.280 e. The first-order valence-corrected chi connectivity index (χ1v) is 2.89. The second kappa shape index (κ2) is 1.82. The van der Waals surface area contributed by atoms with Gasteiger partial charge in [-0.1, -0.05) is 0 Å². The van der Waals surface area contributed by atoms with E-state index in [9.17, 15) is 4.79 Å². The second-order valence-corrected chi connectivity index (χ2v) is 2.00. The lowest BCUT2D eigenvalue weighted by atomic mass is 10.5. The second-order valence-electron chi connectivity index (χ2n) is 2.00. The summed E-state index contributed by atoms with van der Waals surface area (Å²) in [6.45, 7) is 0. The maximum atomic E-state index is 11.1. The molecule has 2 rings (SSSR count). The fourth-order valence-electron chi connectivity index (χ4n) is 0.812. The molecule has 6 nitrogen and oxygen atoms in total. The summed E-state index contributed by atoms with van der Waals surface area (Å²) in [5.74, 6) is 0.0103. The smallest absolute Gasteiger partial charge is 0.280 e. The molecule has 0 atom stereocenters. The molecule has 0 aromatic carbocycles. The summed E-state index contributed by atoms with van der Waals surface area (Å²) in [6.07, 6.45) is -0.103. The van der Waals surface area contributed by atoms with Crippen molar-refractivity contribution in [3.63, 3.8) is 0 Å². The molecule has 2 aromatic rings. The summed E-state index contributed by atoms with van der Waals surface area (Å²) in [4.78, 5) is 23.2. The highest BCUT2D eigenvalue weighted by molar-refractivity contribution is 5.69. The Morgan fingerprint density at radius 2 is 2.55 bits per heavy atom. The Labute approximate surface area is 61.9 Å². The number of imidazole rings is 1. The highest BCUT2D eigenvalue weighted by atomic mass is 16.1. The molecule has 0 saturated carbocycles. The van der Waals surface area contributed by atoms with E-state index in [0.717, 1.165) is 0 Å². The fourth-order valence-corrected chi connectivity index (χ4v) is 0.812. The molecule has 0 bridgehead atoms. The molecule has 0 spiro atoms. The van der Waals surface area contributed by atoms with Gasteiger partial charge in [-0.3, -0.25) is 9.78 Å². The van der Waals surface area contributed by atoms with Gasteiger partial charge >= 0.3 is 0 Å². The minimum atomic E-state index is -0.438. The number of anilines is 1. The van der Waals surface area contributed by atoms with Gasteiger partial charge in [0, 0.05) is 0 Å². The lowest BCUT2D eigenvalue weighted by molar-refractivity contribution is 1.17. The Kier molecular flexibility index (Phi) is 0.807. The molecule has 0 aliphatic carbocycles. The van der Waals surface area contributed by atoms with Crippen LogP contribution in [-0.2, 0) is 0 Å². The number of aromatic nitrogens is 4. The summed E-state index contributed by atoms with van der Waals surface area (Å²) in [5.41, 5.74) is 5.16. The highest BCUT2D eigenvalue weighted by Gasteiger charge is 2.01. The number of H-pyrrole nitrogens is 2. The van der Waals surface area contributed by atoms with Gasteiger partial charge in [-0.05, 0) is 0 Å². The van der Waals surface area contributed by atoms with Crippen LogP contribution in [0, 0.1) is 0 Å². The predicted molar refractivity (Wildman–Crippen MR) is 38.9 cm³/mol. The van der Waals surface area contributed by atoms with Crippen LogP contribution in [0.25, 0.3) is 11.2 Å². The van der Waals surface area contributed by atoms with Gasteiger partial charge in [-0.25, -0.2) is 4.98 Å². The number of hydrogen-bond donors (Lipinski definition) is 3. The molecule has 2 aromatic heterocycles. The third kappa shape index (κ3) is 0.759. The van der Waals surface area contributed by atoms with Crippen LogP contribution in [0.1, 0.15) is 1.37 Å². The van der Waals surface area contributed by atoms with E-state index in [1.807, 2.05) is 0 Å². The molecule has 2 heterocycles. The van der Waals surface area contributed by atoms with Crippen molar-refractivity contribution in [3.8, 4) is 0 Å². The fraction of sp³-hybridized carbons (Fsp3) is 0. The Balaban J connectivity index is 2.98. The van der Waals surface area contributed by atoms with Gasteiger partial charge in [-0.2, -0.15) is 4.98 Å². The number of aromatic amines is 2. The lowest BCUT2D eigenvalue weighted by Crippen LogP contribution is -2.10. The molecule has 0 radical (unpaired) electrons. The monoisotopic (exact) mass is 152 g/mol. The maximum absolute atomic E-state index is 11.1. The van der Waals surface area contributed by atoms with Gasteiger partial charge in [0.25, 0.3) is 5.56 Å². The van der Waals surface area contributed by atoms with Crippen molar-refractivity contribution in [2.45, 2.75) is 0 Å². The van der Waals surface area contributed by atoms with Crippen LogP contribution in [0.5, 0.6) is 0 Å². The molecule has 0 aliphatic rings. The number of fused-ring (bicyclic) bond motifs is 1. The molecule has 0 fully saturated rings. The number of nitrogens with two attached hydrogens (primary N) is 1. The quantitative estimate of drug-likeness (QED) is 0.461. The topological polar surface area (TPSA) is 100 Å². The van der Waals surface area contributed by atoms with Crippen molar-refractivity contribution in [1.82, 2.24) is 19.9 Å². The first kappa shape index (κ1) is 4.89. The third-order valence-corrected chi connectivity index (χ3v) is 1.26. The van der Waals surface area contributed by atoms with Crippen molar-refractivity contribution in [3.05, 3.63) is 16.7 Å². The summed E-state index contributed by atoms with van der Waals surface area (Å²) < 4.78 is 7.09. The highest BCUT2D eigenvalue weighted by Crippen LogP contribution is 1.98. The summed E-state index contributed by atoms with van der Waals surface area (Å²) in [7, 11) is 0. The Bertz CT molecular complexity index is 486. The lowest BCUT2D eigenvalue weighted by Gasteiger charge is -1.89. The van der Waals surface area contributed by atoms with E-state index in [4.69, 9.17) is 7.10 Å². The number of nitrogens with one attached hydrogen (secondary N) is 2. The van der Waals surface area contributed by atoms with Gasteiger partial charge in [0.05, 0.1) is 6.30 Å². The van der Waals surface area contributed by atoms with E-state index in [1.54, 1.807) is 0 Å². The van der Waals surface area contributed by atoms with Crippen molar-refractivity contribution in [1.29, 1.82) is 0 Å². The number of rotatable bonds is 0. The molecule has 6 heteroatoms. The van der Waals surface area contributed by atoms with Gasteiger partial charge in [0.2, 0.25) is 5.95 Å². The standard InChI is InChI=1S/C5H5N5O/c6-5-9-3-2(4(11)10-5)7-1-8-3/h1H,(H4,6,7,8,9,10,11)/i1D. The van der Waals surface area contributed by atoms with Crippen molar-refractivity contribution in [2.75, 3.05) is 5.73 Å². The average Bonchev–Trinajstić information content (AvgIpc) is 2.29. The molecule has 0 saturated heterocycles. The minimum absolute atomic E-state index is 0.0103. The van der Waals surface area contributed by atoms with E-state index < -0.39 is 5.56 Å². The van der Waals surface area contributed by atoms with E-state index in [1.165, 1.54) is 0 Å². The van der Waals surface area contributed by atoms with Gasteiger partial charge < -0.3 is 10.7 Å². The molecule has 0 aliphatic heterocycles. The SMILES string of the molecule is [2H]c1nc2c(=O)[nH]c(N)nc2[nH]1. The molecular formula is C5H5N5O. The minimum Gasteiger partial charge on any atom is -0.369 e. The predicted octanol–water partition coefficient (Wildman–Crippen LogP) is -0.772. The van der Waals surface area contributed by atoms with Crippen LogP contribution in [0.4, 0.5) is 5.95 Å². The molecule has 56 valence electrons. The van der Waals surface area contributed by atoms with Crippen LogP contribution in [-0.4, -0.2) is 19.9 Å². The van der Waals surface area contributed by atoms with E-state index >= 15 is 0 Å². The zero-order chi connectivity index (χ0) is 8.72. The normalized spacial score (nSPS) is 11.8. The van der Waals surface area contributed by atoms with Crippen molar-refractivity contribution in [2.24, 2.45) is 0 Å². The van der Waals surface area contributed by atoms with Crippen molar-refractivity contribution < 1.29 is 1.37 Å². The van der Waals surface area contributed by atoms with Gasteiger partial charge in [0.1, 0.15) is 1.37 Å². The molecule has 0 unspecified atom stereocenters. The first-order valence-electron chi connectivity index (χ1n) is 3.39.